The van der Waals surface area contributed by atoms with Gasteiger partial charge in [-0.15, -0.1) is 28.1 Å². The van der Waals surface area contributed by atoms with E-state index in [0.717, 1.165) is 22.6 Å². The van der Waals surface area contributed by atoms with Gasteiger partial charge in [0.25, 0.3) is 0 Å². The van der Waals surface area contributed by atoms with Crippen LogP contribution < -0.4 is 10.1 Å². The molecule has 4 aromatic rings. The summed E-state index contributed by atoms with van der Waals surface area (Å²) >= 11 is 2.72. The van der Waals surface area contributed by atoms with E-state index in [1.165, 1.54) is 23.1 Å². The van der Waals surface area contributed by atoms with Crippen LogP contribution in [-0.4, -0.2) is 38.5 Å². The minimum Gasteiger partial charge on any atom is -0.497 e. The van der Waals surface area contributed by atoms with Gasteiger partial charge in [0.05, 0.1) is 18.6 Å². The van der Waals surface area contributed by atoms with Gasteiger partial charge < -0.3 is 10.1 Å². The van der Waals surface area contributed by atoms with Crippen molar-refractivity contribution in [3.63, 3.8) is 0 Å². The monoisotopic (exact) mass is 463 g/mol. The number of anilines is 1. The highest BCUT2D eigenvalue weighted by molar-refractivity contribution is 7.99. The van der Waals surface area contributed by atoms with Gasteiger partial charge in [-0.2, -0.15) is 0 Å². The molecular formula is C23H21N5O2S2. The zero-order valence-corrected chi connectivity index (χ0v) is 19.0. The van der Waals surface area contributed by atoms with Gasteiger partial charge >= 0.3 is 0 Å². The number of allylic oxidation sites excluding steroid dienone is 1. The van der Waals surface area contributed by atoms with Crippen molar-refractivity contribution in [3.8, 4) is 28.4 Å². The average Bonchev–Trinajstić information content (AvgIpc) is 3.46. The van der Waals surface area contributed by atoms with E-state index < -0.39 is 0 Å². The van der Waals surface area contributed by atoms with E-state index in [2.05, 4.69) is 27.1 Å². The van der Waals surface area contributed by atoms with Crippen molar-refractivity contribution in [2.24, 2.45) is 0 Å². The van der Waals surface area contributed by atoms with Gasteiger partial charge in [0, 0.05) is 23.1 Å². The number of benzene rings is 2. The Morgan fingerprint density at radius 3 is 2.78 bits per heavy atom. The lowest BCUT2D eigenvalue weighted by Crippen LogP contribution is -2.14. The molecule has 2 heterocycles. The molecule has 0 aliphatic carbocycles. The topological polar surface area (TPSA) is 81.9 Å². The third kappa shape index (κ3) is 5.06. The molecule has 0 aliphatic heterocycles. The van der Waals surface area contributed by atoms with E-state index in [4.69, 9.17) is 4.74 Å². The lowest BCUT2D eigenvalue weighted by Gasteiger charge is -2.08. The SMILES string of the molecule is C=CCn1c(SCC(=O)Nc2nc(-c3ccccc3)cs2)nnc1-c1cccc(OC)c1. The zero-order chi connectivity index (χ0) is 22.3. The highest BCUT2D eigenvalue weighted by Crippen LogP contribution is 2.28. The lowest BCUT2D eigenvalue weighted by atomic mass is 10.2. The first-order valence-electron chi connectivity index (χ1n) is 9.80. The second kappa shape index (κ2) is 10.3. The maximum absolute atomic E-state index is 12.5. The molecule has 0 bridgehead atoms. The van der Waals surface area contributed by atoms with Crippen LogP contribution in [0.1, 0.15) is 0 Å². The molecule has 4 rings (SSSR count). The Bertz CT molecular complexity index is 1220. The summed E-state index contributed by atoms with van der Waals surface area (Å²) in [6, 6.07) is 17.5. The van der Waals surface area contributed by atoms with Crippen molar-refractivity contribution in [3.05, 3.63) is 72.6 Å². The summed E-state index contributed by atoms with van der Waals surface area (Å²) < 4.78 is 7.23. The number of carbonyl (C=O) groups excluding carboxylic acids is 1. The first-order chi connectivity index (χ1) is 15.7. The van der Waals surface area contributed by atoms with E-state index in [0.29, 0.717) is 22.7 Å². The number of rotatable bonds is 9. The molecule has 162 valence electrons. The number of thiazole rings is 1. The molecule has 0 saturated heterocycles. The number of methoxy groups -OCH3 is 1. The smallest absolute Gasteiger partial charge is 0.236 e. The fraction of sp³-hybridized carbons (Fsp3) is 0.130. The number of hydrogen-bond donors (Lipinski definition) is 1. The summed E-state index contributed by atoms with van der Waals surface area (Å²) in [5.74, 6) is 1.47. The number of nitrogens with zero attached hydrogens (tertiary/aromatic N) is 4. The highest BCUT2D eigenvalue weighted by Gasteiger charge is 2.16. The molecule has 7 nitrogen and oxygen atoms in total. The zero-order valence-electron chi connectivity index (χ0n) is 17.4. The van der Waals surface area contributed by atoms with Gasteiger partial charge in [-0.05, 0) is 12.1 Å². The van der Waals surface area contributed by atoms with Gasteiger partial charge in [0.1, 0.15) is 5.75 Å². The summed E-state index contributed by atoms with van der Waals surface area (Å²) in [4.78, 5) is 17.0. The number of ether oxygens (including phenoxy) is 1. The number of nitrogens with one attached hydrogen (secondary N) is 1. The van der Waals surface area contributed by atoms with Crippen LogP contribution in [0.5, 0.6) is 5.75 Å². The maximum atomic E-state index is 12.5. The van der Waals surface area contributed by atoms with Gasteiger partial charge in [0.2, 0.25) is 5.91 Å². The predicted molar refractivity (Wildman–Crippen MR) is 129 cm³/mol. The fourth-order valence-corrected chi connectivity index (χ4v) is 4.51. The minimum atomic E-state index is -0.153. The summed E-state index contributed by atoms with van der Waals surface area (Å²) in [5.41, 5.74) is 2.74. The molecule has 9 heteroatoms. The number of thioether (sulfide) groups is 1. The average molecular weight is 464 g/mol. The standard InChI is InChI=1S/C23H21N5O2S2/c1-3-12-28-21(17-10-7-11-18(13-17)30-2)26-27-23(28)32-15-20(29)25-22-24-19(14-31-22)16-8-5-4-6-9-16/h3-11,13-14H,1,12,15H2,2H3,(H,24,25,29). The quantitative estimate of drug-likeness (QED) is 0.278. The van der Waals surface area contributed by atoms with E-state index in [9.17, 15) is 4.79 Å². The number of hydrogen-bond acceptors (Lipinski definition) is 7. The molecule has 0 saturated carbocycles. The molecule has 0 fully saturated rings. The van der Waals surface area contributed by atoms with Gasteiger partial charge in [0.15, 0.2) is 16.1 Å². The fourth-order valence-electron chi connectivity index (χ4n) is 3.02. The van der Waals surface area contributed by atoms with Crippen molar-refractivity contribution in [1.82, 2.24) is 19.7 Å². The Balaban J connectivity index is 1.43. The molecule has 1 N–H and O–H groups in total. The Morgan fingerprint density at radius 1 is 1.19 bits per heavy atom. The van der Waals surface area contributed by atoms with Crippen molar-refractivity contribution < 1.29 is 9.53 Å². The number of amides is 1. The normalized spacial score (nSPS) is 10.7. The predicted octanol–water partition coefficient (Wildman–Crippen LogP) is 4.99. The second-order valence-corrected chi connectivity index (χ2v) is 8.48. The highest BCUT2D eigenvalue weighted by atomic mass is 32.2. The summed E-state index contributed by atoms with van der Waals surface area (Å²) in [7, 11) is 1.62. The van der Waals surface area contributed by atoms with E-state index >= 15 is 0 Å². The van der Waals surface area contributed by atoms with Crippen LogP contribution in [0.25, 0.3) is 22.6 Å². The summed E-state index contributed by atoms with van der Waals surface area (Å²) in [5, 5.41) is 14.6. The third-order valence-electron chi connectivity index (χ3n) is 4.51. The third-order valence-corrected chi connectivity index (χ3v) is 6.23. The molecule has 2 aromatic carbocycles. The Kier molecular flexibility index (Phi) is 6.98. The summed E-state index contributed by atoms with van der Waals surface area (Å²) in [6.45, 7) is 4.35. The molecule has 2 aromatic heterocycles. The largest absolute Gasteiger partial charge is 0.497 e. The van der Waals surface area contributed by atoms with Crippen LogP contribution in [0.3, 0.4) is 0 Å². The first kappa shape index (κ1) is 21.8. The van der Waals surface area contributed by atoms with Crippen molar-refractivity contribution in [2.75, 3.05) is 18.2 Å². The Labute approximate surface area is 194 Å². The van der Waals surface area contributed by atoms with Crippen molar-refractivity contribution in [1.29, 1.82) is 0 Å². The van der Waals surface area contributed by atoms with Crippen LogP contribution in [-0.2, 0) is 11.3 Å². The number of carbonyl (C=O) groups is 1. The van der Waals surface area contributed by atoms with Crippen LogP contribution in [0.2, 0.25) is 0 Å². The van der Waals surface area contributed by atoms with E-state index in [1.807, 2.05) is 64.5 Å². The lowest BCUT2D eigenvalue weighted by molar-refractivity contribution is -0.113. The van der Waals surface area contributed by atoms with Gasteiger partial charge in [-0.1, -0.05) is 60.3 Å². The van der Waals surface area contributed by atoms with E-state index in [1.54, 1.807) is 13.2 Å². The van der Waals surface area contributed by atoms with Crippen molar-refractivity contribution >= 4 is 34.1 Å². The molecule has 0 atom stereocenters. The molecule has 0 spiro atoms. The van der Waals surface area contributed by atoms with Crippen molar-refractivity contribution in [2.45, 2.75) is 11.7 Å². The Hall–Kier alpha value is -3.43. The molecule has 32 heavy (non-hydrogen) atoms. The second-order valence-electron chi connectivity index (χ2n) is 6.68. The molecule has 0 aliphatic rings. The van der Waals surface area contributed by atoms with Crippen LogP contribution in [0.4, 0.5) is 5.13 Å². The molecule has 0 radical (unpaired) electrons. The van der Waals surface area contributed by atoms with Gasteiger partial charge in [-0.25, -0.2) is 4.98 Å². The van der Waals surface area contributed by atoms with Gasteiger partial charge in [-0.3, -0.25) is 9.36 Å². The Morgan fingerprint density at radius 2 is 2.00 bits per heavy atom. The van der Waals surface area contributed by atoms with Crippen LogP contribution in [0.15, 0.2) is 77.8 Å². The molecule has 0 unspecified atom stereocenters. The number of aromatic nitrogens is 4. The van der Waals surface area contributed by atoms with E-state index in [-0.39, 0.29) is 11.7 Å². The first-order valence-corrected chi connectivity index (χ1v) is 11.7. The van der Waals surface area contributed by atoms with Crippen LogP contribution in [0, 0.1) is 0 Å². The van der Waals surface area contributed by atoms with Crippen LogP contribution >= 0.6 is 23.1 Å². The minimum absolute atomic E-state index is 0.153. The maximum Gasteiger partial charge on any atom is 0.236 e. The molecule has 1 amide bonds. The summed E-state index contributed by atoms with van der Waals surface area (Å²) in [6.07, 6.45) is 1.78. The molecular weight excluding hydrogens is 442 g/mol.